The third-order valence-electron chi connectivity index (χ3n) is 4.75. The summed E-state index contributed by atoms with van der Waals surface area (Å²) in [7, 11) is 0. The van der Waals surface area contributed by atoms with Gasteiger partial charge in [-0.2, -0.15) is 0 Å². The number of nitro benzene ring substituents is 1. The highest BCUT2D eigenvalue weighted by Crippen LogP contribution is 2.44. The average Bonchev–Trinajstić information content (AvgIpc) is 2.85. The fraction of sp³-hybridized carbons (Fsp3) is 0.500. The topological polar surface area (TPSA) is 98.5 Å². The van der Waals surface area contributed by atoms with Gasteiger partial charge in [0.15, 0.2) is 0 Å². The zero-order valence-corrected chi connectivity index (χ0v) is 13.7. The normalized spacial score (nSPS) is 22.2. The third kappa shape index (κ3) is 3.08. The summed E-state index contributed by atoms with van der Waals surface area (Å²) < 4.78 is 5.50. The van der Waals surface area contributed by atoms with Crippen LogP contribution < -0.4 is 5.32 Å². The number of anilines is 1. The molecule has 0 radical (unpaired) electrons. The Kier molecular flexibility index (Phi) is 4.45. The summed E-state index contributed by atoms with van der Waals surface area (Å²) in [5.74, 6) is -1.43. The molecule has 2 aliphatic rings. The van der Waals surface area contributed by atoms with Crippen molar-refractivity contribution < 1.29 is 19.2 Å². The molecule has 24 heavy (non-hydrogen) atoms. The number of nitro groups is 1. The van der Waals surface area contributed by atoms with Gasteiger partial charge in [0, 0.05) is 11.1 Å². The lowest BCUT2D eigenvalue weighted by atomic mass is 9.75. The van der Waals surface area contributed by atoms with Gasteiger partial charge in [-0.1, -0.05) is 18.0 Å². The van der Waals surface area contributed by atoms with Gasteiger partial charge in [0.25, 0.3) is 5.69 Å². The summed E-state index contributed by atoms with van der Waals surface area (Å²) in [5, 5.41) is 13.9. The van der Waals surface area contributed by atoms with E-state index < -0.39 is 22.3 Å². The van der Waals surface area contributed by atoms with Crippen LogP contribution in [0.25, 0.3) is 0 Å². The van der Waals surface area contributed by atoms with E-state index in [1.54, 1.807) is 0 Å². The molecule has 8 heteroatoms. The van der Waals surface area contributed by atoms with Crippen molar-refractivity contribution in [1.29, 1.82) is 0 Å². The molecule has 0 bridgehead atoms. The Balaban J connectivity index is 1.84. The lowest BCUT2D eigenvalue weighted by molar-refractivity contribution is -0.383. The van der Waals surface area contributed by atoms with Gasteiger partial charge in [0.2, 0.25) is 5.91 Å². The van der Waals surface area contributed by atoms with Gasteiger partial charge in [-0.3, -0.25) is 19.7 Å². The maximum absolute atomic E-state index is 12.7. The minimum absolute atomic E-state index is 0.00716. The second-order valence-electron chi connectivity index (χ2n) is 6.26. The summed E-state index contributed by atoms with van der Waals surface area (Å²) >= 11 is 5.78. The van der Waals surface area contributed by atoms with Crippen LogP contribution in [0.2, 0.25) is 5.02 Å². The predicted octanol–water partition coefficient (Wildman–Crippen LogP) is 3.45. The molecule has 1 amide bonds. The SMILES string of the molecule is O=C1C[C@H](C(=O)Nc2ccc(Cl)cc2[N+](=O)[O-])C2(CCCCC2)O1. The van der Waals surface area contributed by atoms with Crippen molar-refractivity contribution in [2.24, 2.45) is 5.92 Å². The highest BCUT2D eigenvalue weighted by Gasteiger charge is 2.53. The van der Waals surface area contributed by atoms with E-state index in [-0.39, 0.29) is 28.8 Å². The van der Waals surface area contributed by atoms with Crippen LogP contribution in [0.15, 0.2) is 18.2 Å². The van der Waals surface area contributed by atoms with E-state index in [0.717, 1.165) is 19.3 Å². The van der Waals surface area contributed by atoms with Crippen LogP contribution in [-0.4, -0.2) is 22.4 Å². The number of amides is 1. The van der Waals surface area contributed by atoms with Gasteiger partial charge in [0.05, 0.1) is 17.3 Å². The number of nitrogens with one attached hydrogen (secondary N) is 1. The van der Waals surface area contributed by atoms with Crippen molar-refractivity contribution in [3.05, 3.63) is 33.3 Å². The first-order chi connectivity index (χ1) is 11.4. The number of esters is 1. The molecule has 1 aliphatic heterocycles. The summed E-state index contributed by atoms with van der Waals surface area (Å²) in [4.78, 5) is 35.0. The van der Waals surface area contributed by atoms with Crippen LogP contribution >= 0.6 is 11.6 Å². The summed E-state index contributed by atoms with van der Waals surface area (Å²) in [5.41, 5.74) is -0.973. The maximum Gasteiger partial charge on any atom is 0.307 e. The van der Waals surface area contributed by atoms with Gasteiger partial charge < -0.3 is 10.1 Å². The molecule has 0 aromatic heterocycles. The molecule has 2 fully saturated rings. The van der Waals surface area contributed by atoms with Crippen molar-refractivity contribution in [3.63, 3.8) is 0 Å². The van der Waals surface area contributed by atoms with Crippen molar-refractivity contribution in [2.75, 3.05) is 5.32 Å². The van der Waals surface area contributed by atoms with Crippen LogP contribution in [-0.2, 0) is 14.3 Å². The van der Waals surface area contributed by atoms with Crippen molar-refractivity contribution in [3.8, 4) is 0 Å². The number of halogens is 1. The van der Waals surface area contributed by atoms with Gasteiger partial charge in [0.1, 0.15) is 11.3 Å². The van der Waals surface area contributed by atoms with Gasteiger partial charge in [-0.05, 0) is 37.8 Å². The molecule has 1 N–H and O–H groups in total. The molecule has 3 rings (SSSR count). The monoisotopic (exact) mass is 352 g/mol. The van der Waals surface area contributed by atoms with Crippen LogP contribution in [0, 0.1) is 16.0 Å². The summed E-state index contributed by atoms with van der Waals surface area (Å²) in [6.45, 7) is 0. The van der Waals surface area contributed by atoms with Gasteiger partial charge in [-0.15, -0.1) is 0 Å². The Morgan fingerprint density at radius 2 is 2.04 bits per heavy atom. The quantitative estimate of drug-likeness (QED) is 0.510. The largest absolute Gasteiger partial charge is 0.458 e. The molecule has 1 atom stereocenters. The lowest BCUT2D eigenvalue weighted by Gasteiger charge is -2.35. The molecule has 7 nitrogen and oxygen atoms in total. The molecule has 1 saturated carbocycles. The molecule has 1 spiro atoms. The van der Waals surface area contributed by atoms with Gasteiger partial charge >= 0.3 is 5.97 Å². The van der Waals surface area contributed by atoms with E-state index in [1.807, 2.05) is 0 Å². The third-order valence-corrected chi connectivity index (χ3v) is 4.99. The Hall–Kier alpha value is -2.15. The Bertz CT molecular complexity index is 700. The molecular weight excluding hydrogens is 336 g/mol. The molecular formula is C16H17ClN2O5. The first-order valence-corrected chi connectivity index (χ1v) is 8.26. The molecule has 0 unspecified atom stereocenters. The van der Waals surface area contributed by atoms with Crippen LogP contribution in [0.4, 0.5) is 11.4 Å². The van der Waals surface area contributed by atoms with Crippen LogP contribution in [0.5, 0.6) is 0 Å². The molecule has 1 saturated heterocycles. The minimum Gasteiger partial charge on any atom is -0.458 e. The second-order valence-corrected chi connectivity index (χ2v) is 6.70. The first kappa shape index (κ1) is 16.7. The molecule has 1 heterocycles. The first-order valence-electron chi connectivity index (χ1n) is 7.88. The fourth-order valence-corrected chi connectivity index (χ4v) is 3.77. The predicted molar refractivity (Wildman–Crippen MR) is 86.8 cm³/mol. The van der Waals surface area contributed by atoms with Crippen molar-refractivity contribution in [2.45, 2.75) is 44.1 Å². The Labute approximate surface area is 143 Å². The highest BCUT2D eigenvalue weighted by atomic mass is 35.5. The number of carbonyl (C=O) groups is 2. The smallest absolute Gasteiger partial charge is 0.307 e. The van der Waals surface area contributed by atoms with Crippen LogP contribution in [0.3, 0.4) is 0 Å². The number of nitrogens with zero attached hydrogens (tertiary/aromatic N) is 1. The van der Waals surface area contributed by atoms with Crippen LogP contribution in [0.1, 0.15) is 38.5 Å². The average molecular weight is 353 g/mol. The van der Waals surface area contributed by atoms with E-state index in [2.05, 4.69) is 5.32 Å². The van der Waals surface area contributed by atoms with E-state index in [1.165, 1.54) is 18.2 Å². The number of benzene rings is 1. The standard InChI is InChI=1S/C16H17ClN2O5/c17-10-4-5-12(13(8-10)19(22)23)18-15(21)11-9-14(20)24-16(11)6-2-1-3-7-16/h4-5,8,11H,1-3,6-7,9H2,(H,18,21)/t11-/m1/s1. The molecule has 1 aromatic rings. The number of ether oxygens (including phenoxy) is 1. The minimum atomic E-state index is -0.763. The van der Waals surface area contributed by atoms with Gasteiger partial charge in [-0.25, -0.2) is 0 Å². The number of hydrogen-bond donors (Lipinski definition) is 1. The number of carbonyl (C=O) groups excluding carboxylic acids is 2. The fourth-order valence-electron chi connectivity index (χ4n) is 3.61. The van der Waals surface area contributed by atoms with Crippen molar-refractivity contribution in [1.82, 2.24) is 0 Å². The molecule has 128 valence electrons. The molecule has 1 aromatic carbocycles. The van der Waals surface area contributed by atoms with E-state index >= 15 is 0 Å². The summed E-state index contributed by atoms with van der Waals surface area (Å²) in [6.07, 6.45) is 4.17. The number of rotatable bonds is 3. The van der Waals surface area contributed by atoms with E-state index in [0.29, 0.717) is 12.8 Å². The summed E-state index contributed by atoms with van der Waals surface area (Å²) in [6, 6.07) is 4.05. The highest BCUT2D eigenvalue weighted by molar-refractivity contribution is 6.31. The van der Waals surface area contributed by atoms with E-state index in [9.17, 15) is 19.7 Å². The maximum atomic E-state index is 12.7. The zero-order valence-electron chi connectivity index (χ0n) is 12.9. The van der Waals surface area contributed by atoms with E-state index in [4.69, 9.17) is 16.3 Å². The Morgan fingerprint density at radius 1 is 1.33 bits per heavy atom. The van der Waals surface area contributed by atoms with Crippen molar-refractivity contribution >= 4 is 34.9 Å². The lowest BCUT2D eigenvalue weighted by Crippen LogP contribution is -2.43. The number of hydrogen-bond acceptors (Lipinski definition) is 5. The second kappa shape index (κ2) is 6.39. The zero-order chi connectivity index (χ0) is 17.3. The molecule has 1 aliphatic carbocycles. The Morgan fingerprint density at radius 3 is 2.71 bits per heavy atom.